The Morgan fingerprint density at radius 1 is 0.373 bits per heavy atom. The summed E-state index contributed by atoms with van der Waals surface area (Å²) < 4.78 is 41.8. The molecule has 8 aromatic rings. The molecule has 0 radical (unpaired) electrons. The van der Waals surface area contributed by atoms with E-state index >= 15 is 0 Å². The Balaban J connectivity index is 1.01. The largest absolute Gasteiger partial charge is 0.487 e. The van der Waals surface area contributed by atoms with E-state index in [1.54, 1.807) is 13.8 Å². The zero-order valence-corrected chi connectivity index (χ0v) is 52.8. The van der Waals surface area contributed by atoms with Gasteiger partial charge < -0.3 is 23.6 Å². The average Bonchev–Trinajstić information content (AvgIpc) is 2.75. The van der Waals surface area contributed by atoms with E-state index < -0.39 is 29.7 Å². The molecule has 7 atom stereocenters. The van der Waals surface area contributed by atoms with Crippen LogP contribution in [-0.4, -0.2) is 34.7 Å². The van der Waals surface area contributed by atoms with Gasteiger partial charge in [-0.2, -0.15) is 0 Å². The summed E-state index contributed by atoms with van der Waals surface area (Å²) in [7, 11) is -4.42. The lowest BCUT2D eigenvalue weighted by Crippen LogP contribution is -2.36. The lowest BCUT2D eigenvalue weighted by atomic mass is 9.74. The normalized spacial score (nSPS) is 15.4. The van der Waals surface area contributed by atoms with Crippen molar-refractivity contribution >= 4 is 7.60 Å². The summed E-state index contributed by atoms with van der Waals surface area (Å²) in [4.78, 5) is 11.9. The van der Waals surface area contributed by atoms with Crippen LogP contribution in [0.4, 0.5) is 0 Å². The summed E-state index contributed by atoms with van der Waals surface area (Å²) in [5.41, 5.74) is 13.1. The zero-order valence-electron chi connectivity index (χ0n) is 51.9. The first-order valence-electron chi connectivity index (χ1n) is 30.0. The Kier molecular flexibility index (Phi) is 20.2. The Morgan fingerprint density at radius 2 is 0.651 bits per heavy atom. The molecule has 436 valence electrons. The van der Waals surface area contributed by atoms with Gasteiger partial charge in [0.05, 0.1) is 24.4 Å². The van der Waals surface area contributed by atoms with E-state index in [0.29, 0.717) is 12.8 Å². The maximum atomic E-state index is 14.6. The van der Waals surface area contributed by atoms with E-state index in [9.17, 15) is 9.46 Å². The fourth-order valence-corrected chi connectivity index (χ4v) is 12.9. The molecule has 0 bridgehead atoms. The van der Waals surface area contributed by atoms with Crippen LogP contribution < -0.4 is 4.74 Å². The molecule has 0 aliphatic rings. The SMILES string of the molecule is CC(c1ccccc1)c1cc(C(C)c2ccccc2)c(OC(C)(C)CCOC(C)(C)P(=O)(O)OC(C)(C)CCOC(C)(C)c2c(C(C)c3ccccc3)cc(C(C)c3ccccc3)cc2C(C)c2ccccc2)c(C(C)c2ccccc2)c1. The predicted molar refractivity (Wildman–Crippen MR) is 345 cm³/mol. The molecule has 7 heteroatoms. The molecule has 0 fully saturated rings. The van der Waals surface area contributed by atoms with Gasteiger partial charge in [0.1, 0.15) is 11.4 Å². The standard InChI is InChI=1S/C76H91O6P/c1-53(59-33-21-15-22-34-59)65-49-67(55(3)61-37-25-17-26-38-61)71(68(50-65)56(4)62-39-27-18-28-40-62)75(11,12)79-47-46-74(9,10)82-83(77,78)76(13,14)80-48-45-73(7,8)81-72-69(57(5)63-41-29-19-30-42-63)51-66(54(2)60-35-23-16-24-36-60)52-70(72)58(6)64-43-31-20-32-44-64/h15-44,49-58H,45-48H2,1-14H3,(H,77,78). The second-order valence-corrected chi connectivity index (χ2v) is 27.6. The molecule has 8 rings (SSSR count). The average molecular weight is 1130 g/mol. The summed E-state index contributed by atoms with van der Waals surface area (Å²) in [6.45, 7) is 29.6. The quantitative estimate of drug-likeness (QED) is 0.0545. The molecular formula is C76H91O6P. The highest BCUT2D eigenvalue weighted by Crippen LogP contribution is 2.59. The third kappa shape index (κ3) is 15.3. The van der Waals surface area contributed by atoms with Crippen LogP contribution >= 0.6 is 7.60 Å². The molecule has 1 N–H and O–H groups in total. The summed E-state index contributed by atoms with van der Waals surface area (Å²) in [6, 6.07) is 73.6. The molecule has 0 aliphatic heterocycles. The van der Waals surface area contributed by atoms with Crippen LogP contribution in [0.2, 0.25) is 0 Å². The molecule has 0 aliphatic carbocycles. The number of hydrogen-bond donors (Lipinski definition) is 1. The Morgan fingerprint density at radius 3 is 0.988 bits per heavy atom. The second kappa shape index (κ2) is 26.7. The molecule has 7 unspecified atom stereocenters. The van der Waals surface area contributed by atoms with Gasteiger partial charge in [0.25, 0.3) is 0 Å². The van der Waals surface area contributed by atoms with Crippen LogP contribution in [0.25, 0.3) is 0 Å². The topological polar surface area (TPSA) is 74.2 Å². The van der Waals surface area contributed by atoms with Crippen LogP contribution in [0, 0.1) is 0 Å². The van der Waals surface area contributed by atoms with Crippen LogP contribution in [-0.2, 0) is 24.2 Å². The lowest BCUT2D eigenvalue weighted by molar-refractivity contribution is -0.0552. The molecule has 0 saturated carbocycles. The van der Waals surface area contributed by atoms with Gasteiger partial charge in [-0.25, -0.2) is 0 Å². The van der Waals surface area contributed by atoms with Crippen LogP contribution in [0.15, 0.2) is 206 Å². The highest BCUT2D eigenvalue weighted by atomic mass is 31.2. The van der Waals surface area contributed by atoms with Gasteiger partial charge in [0.15, 0.2) is 5.34 Å². The minimum atomic E-state index is -4.42. The van der Waals surface area contributed by atoms with Gasteiger partial charge in [0.2, 0.25) is 0 Å². The van der Waals surface area contributed by atoms with E-state index in [4.69, 9.17) is 18.7 Å². The van der Waals surface area contributed by atoms with E-state index in [-0.39, 0.29) is 48.7 Å². The van der Waals surface area contributed by atoms with Gasteiger partial charge in [0, 0.05) is 53.1 Å². The van der Waals surface area contributed by atoms with Gasteiger partial charge in [-0.05, 0) is 123 Å². The van der Waals surface area contributed by atoms with Crippen LogP contribution in [0.5, 0.6) is 5.75 Å². The van der Waals surface area contributed by atoms with E-state index in [1.165, 1.54) is 55.6 Å². The molecule has 0 amide bonds. The summed E-state index contributed by atoms with van der Waals surface area (Å²) in [5.74, 6) is 1.29. The van der Waals surface area contributed by atoms with Crippen molar-refractivity contribution in [2.45, 2.75) is 167 Å². The van der Waals surface area contributed by atoms with Gasteiger partial charge in [-0.15, -0.1) is 0 Å². The first-order valence-corrected chi connectivity index (χ1v) is 31.6. The Labute approximate surface area is 498 Å². The molecule has 6 nitrogen and oxygen atoms in total. The molecule has 83 heavy (non-hydrogen) atoms. The summed E-state index contributed by atoms with van der Waals surface area (Å²) in [5, 5.41) is -1.54. The van der Waals surface area contributed by atoms with E-state index in [1.807, 2.05) is 13.8 Å². The van der Waals surface area contributed by atoms with Crippen molar-refractivity contribution in [3.05, 3.63) is 279 Å². The van der Waals surface area contributed by atoms with Crippen molar-refractivity contribution < 1.29 is 28.2 Å². The highest BCUT2D eigenvalue weighted by Gasteiger charge is 2.46. The molecule has 0 heterocycles. The Bertz CT molecular complexity index is 3240. The van der Waals surface area contributed by atoms with Crippen LogP contribution in [0.3, 0.4) is 0 Å². The monoisotopic (exact) mass is 1130 g/mol. The number of hydrogen-bond acceptors (Lipinski definition) is 5. The molecule has 0 saturated heterocycles. The minimum absolute atomic E-state index is 0.0151. The van der Waals surface area contributed by atoms with Crippen molar-refractivity contribution in [2.75, 3.05) is 13.2 Å². The smallest absolute Gasteiger partial charge is 0.359 e. The number of rotatable bonds is 26. The van der Waals surface area contributed by atoms with Crippen molar-refractivity contribution in [3.8, 4) is 5.75 Å². The lowest BCUT2D eigenvalue weighted by Gasteiger charge is -2.38. The fraction of sp³-hybridized carbons (Fsp3) is 0.368. The molecule has 8 aromatic carbocycles. The van der Waals surface area contributed by atoms with E-state index in [2.05, 4.69) is 275 Å². The number of ether oxygens (including phenoxy) is 3. The van der Waals surface area contributed by atoms with Crippen molar-refractivity contribution in [2.24, 2.45) is 0 Å². The van der Waals surface area contributed by atoms with Gasteiger partial charge >= 0.3 is 7.60 Å². The third-order valence-corrected chi connectivity index (χ3v) is 19.6. The van der Waals surface area contributed by atoms with Crippen LogP contribution in [0.1, 0.15) is 218 Å². The maximum Gasteiger partial charge on any atom is 0.359 e. The molecule has 0 spiro atoms. The summed E-state index contributed by atoms with van der Waals surface area (Å²) >= 11 is 0. The molecule has 0 aromatic heterocycles. The third-order valence-electron chi connectivity index (χ3n) is 17.4. The maximum absolute atomic E-state index is 14.6. The van der Waals surface area contributed by atoms with Gasteiger partial charge in [-0.3, -0.25) is 4.57 Å². The predicted octanol–water partition coefficient (Wildman–Crippen LogP) is 20.2. The zero-order chi connectivity index (χ0) is 59.7. The second-order valence-electron chi connectivity index (χ2n) is 25.3. The highest BCUT2D eigenvalue weighted by molar-refractivity contribution is 7.54. The first kappa shape index (κ1) is 62.7. The summed E-state index contributed by atoms with van der Waals surface area (Å²) in [6.07, 6.45) is 0.787. The van der Waals surface area contributed by atoms with E-state index in [0.717, 1.165) is 22.4 Å². The first-order chi connectivity index (χ1) is 39.4. The Hall–Kier alpha value is -6.37. The van der Waals surface area contributed by atoms with Crippen molar-refractivity contribution in [3.63, 3.8) is 0 Å². The van der Waals surface area contributed by atoms with Crippen molar-refractivity contribution in [1.82, 2.24) is 0 Å². The minimum Gasteiger partial charge on any atom is -0.487 e. The number of benzene rings is 8. The van der Waals surface area contributed by atoms with Gasteiger partial charge in [-0.1, -0.05) is 248 Å². The fourth-order valence-electron chi connectivity index (χ4n) is 11.7. The molecular weight excluding hydrogens is 1040 g/mol. The van der Waals surface area contributed by atoms with Crippen molar-refractivity contribution in [1.29, 1.82) is 0 Å².